The number of nitrogens with two attached hydrogens (primary N) is 1. The van der Waals surface area contributed by atoms with Crippen molar-refractivity contribution in [3.05, 3.63) is 124 Å². The Morgan fingerprint density at radius 2 is 1.33 bits per heavy atom. The van der Waals surface area contributed by atoms with Gasteiger partial charge in [0, 0.05) is 36.4 Å². The number of unbranched alkanes of at least 4 members (excludes halogenated alkanes) is 1. The maximum Gasteiger partial charge on any atom is 0.338 e. The summed E-state index contributed by atoms with van der Waals surface area (Å²) in [6.07, 6.45) is 5.30. The molecule has 9 rings (SSSR count). The topological polar surface area (TPSA) is 114 Å². The summed E-state index contributed by atoms with van der Waals surface area (Å²) in [5.74, 6) is 5.13. The van der Waals surface area contributed by atoms with Crippen LogP contribution in [-0.2, 0) is 30.4 Å². The van der Waals surface area contributed by atoms with Gasteiger partial charge in [0.2, 0.25) is 5.75 Å². The Balaban J connectivity index is 0.000000332. The molecule has 2 unspecified atom stereocenters. The second kappa shape index (κ2) is 19.0. The SMILES string of the molecule is CCCCOC(=O)c1ccc(N)cc1.COc1ccc2cc1Oc1ccc(cc1)CC1c3cc(c(OC)cc3CCN1C)Oc1c(OC)c(OC)cc3c1C(C2)N(C)CC3. The highest BCUT2D eigenvalue weighted by Crippen LogP contribution is 2.52. The molecule has 0 aromatic heterocycles. The van der Waals surface area contributed by atoms with Crippen LogP contribution in [0.2, 0.25) is 0 Å². The van der Waals surface area contributed by atoms with Crippen LogP contribution in [0, 0.1) is 0 Å². The molecular weight excluding hydrogens is 759 g/mol. The van der Waals surface area contributed by atoms with Crippen molar-refractivity contribution >= 4 is 11.7 Å². The first-order valence-electron chi connectivity index (χ1n) is 20.7. The number of carbonyl (C=O) groups is 1. The minimum Gasteiger partial charge on any atom is -0.493 e. The van der Waals surface area contributed by atoms with E-state index in [0.717, 1.165) is 68.5 Å². The lowest BCUT2D eigenvalue weighted by Crippen LogP contribution is -2.34. The first-order valence-corrected chi connectivity index (χ1v) is 20.7. The fraction of sp³-hybridized carbons (Fsp3) is 0.367. The predicted molar refractivity (Wildman–Crippen MR) is 234 cm³/mol. The third-order valence-corrected chi connectivity index (χ3v) is 11.7. The second-order valence-electron chi connectivity index (χ2n) is 15.6. The summed E-state index contributed by atoms with van der Waals surface area (Å²) in [7, 11) is 11.1. The number of hydrogen-bond donors (Lipinski definition) is 1. The van der Waals surface area contributed by atoms with E-state index in [4.69, 9.17) is 38.9 Å². The van der Waals surface area contributed by atoms with Crippen molar-refractivity contribution in [3.63, 3.8) is 0 Å². The first kappa shape index (κ1) is 42.2. The summed E-state index contributed by atoms with van der Waals surface area (Å²) in [6, 6.07) is 27.9. The Hall–Kier alpha value is -5.91. The van der Waals surface area contributed by atoms with Gasteiger partial charge in [-0.3, -0.25) is 9.80 Å². The number of benzene rings is 5. The molecule has 0 saturated carbocycles. The van der Waals surface area contributed by atoms with Gasteiger partial charge in [-0.2, -0.15) is 0 Å². The van der Waals surface area contributed by atoms with Crippen molar-refractivity contribution in [2.45, 2.75) is 57.5 Å². The summed E-state index contributed by atoms with van der Waals surface area (Å²) in [5.41, 5.74) is 13.8. The van der Waals surface area contributed by atoms with E-state index in [1.54, 1.807) is 52.7 Å². The van der Waals surface area contributed by atoms with E-state index in [1.165, 1.54) is 22.3 Å². The number of methoxy groups -OCH3 is 4. The Bertz CT molecular complexity index is 2280. The zero-order valence-corrected chi connectivity index (χ0v) is 35.8. The third kappa shape index (κ3) is 9.12. The van der Waals surface area contributed by atoms with Gasteiger partial charge in [-0.1, -0.05) is 31.5 Å². The van der Waals surface area contributed by atoms with E-state index in [9.17, 15) is 4.79 Å². The van der Waals surface area contributed by atoms with Crippen LogP contribution in [0.4, 0.5) is 5.69 Å². The lowest BCUT2D eigenvalue weighted by molar-refractivity contribution is 0.0499. The second-order valence-corrected chi connectivity index (χ2v) is 15.6. The standard InChI is InChI=1S/C38H42N2O6.C11H15NO2/c1-39-15-13-25-20-32(42-4)34-22-28(25)29(39)17-23-7-10-27(11-8-23)45-33-19-24(9-12-31(33)41-3)18-30-36-26(14-16-40(30)2)21-35(43-5)37(44-6)38(36)46-34;1-2-3-8-14-11(13)9-4-6-10(12)7-5-9/h7-12,19-22,29-30H,13-18H2,1-6H3;4-7H,2-3,8,12H2,1H3. The van der Waals surface area contributed by atoms with Gasteiger partial charge in [-0.05, 0) is 141 Å². The number of anilines is 1. The maximum atomic E-state index is 11.4. The zero-order valence-electron chi connectivity index (χ0n) is 35.8. The molecule has 0 fully saturated rings. The lowest BCUT2D eigenvalue weighted by Gasteiger charge is -2.37. The quantitative estimate of drug-likeness (QED) is 0.0918. The van der Waals surface area contributed by atoms with Crippen LogP contribution >= 0.6 is 0 Å². The number of nitrogen functional groups attached to an aromatic ring is 1. The number of carbonyl (C=O) groups excluding carboxylic acids is 1. The number of esters is 1. The van der Waals surface area contributed by atoms with Gasteiger partial charge in [0.05, 0.1) is 40.6 Å². The molecule has 0 aliphatic carbocycles. The predicted octanol–water partition coefficient (Wildman–Crippen LogP) is 9.39. The number of ether oxygens (including phenoxy) is 7. The lowest BCUT2D eigenvalue weighted by atomic mass is 9.87. The highest BCUT2D eigenvalue weighted by Gasteiger charge is 2.35. The van der Waals surface area contributed by atoms with E-state index < -0.39 is 0 Å². The number of hydrogen-bond acceptors (Lipinski definition) is 11. The van der Waals surface area contributed by atoms with Gasteiger partial charge in [-0.25, -0.2) is 4.79 Å². The van der Waals surface area contributed by atoms with Crippen molar-refractivity contribution in [1.82, 2.24) is 9.80 Å². The van der Waals surface area contributed by atoms with Gasteiger partial charge in [-0.15, -0.1) is 0 Å². The van der Waals surface area contributed by atoms with Crippen molar-refractivity contribution in [1.29, 1.82) is 0 Å². The van der Waals surface area contributed by atoms with E-state index in [-0.39, 0.29) is 18.1 Å². The number of fused-ring (bicyclic) bond motifs is 2. The summed E-state index contributed by atoms with van der Waals surface area (Å²) >= 11 is 0. The summed E-state index contributed by atoms with van der Waals surface area (Å²) in [5, 5.41) is 0. The molecule has 4 aliphatic heterocycles. The average Bonchev–Trinajstić information content (AvgIpc) is 3.26. The maximum absolute atomic E-state index is 11.4. The molecule has 2 atom stereocenters. The van der Waals surface area contributed by atoms with Gasteiger partial charge in [0.15, 0.2) is 34.5 Å². The van der Waals surface area contributed by atoms with Crippen LogP contribution < -0.4 is 34.2 Å². The van der Waals surface area contributed by atoms with Crippen LogP contribution in [0.5, 0.6) is 46.0 Å². The van der Waals surface area contributed by atoms with Crippen molar-refractivity contribution in [3.8, 4) is 46.0 Å². The van der Waals surface area contributed by atoms with Crippen molar-refractivity contribution in [2.75, 3.05) is 68.0 Å². The Morgan fingerprint density at radius 1 is 0.700 bits per heavy atom. The molecular formula is C49H57N3O8. The minimum absolute atomic E-state index is 0.000437. The molecule has 0 spiro atoms. The molecule has 6 bridgehead atoms. The average molecular weight is 816 g/mol. The molecule has 11 heteroatoms. The first-order chi connectivity index (χ1) is 29.1. The molecule has 5 aromatic rings. The monoisotopic (exact) mass is 815 g/mol. The molecule has 316 valence electrons. The Kier molecular flexibility index (Phi) is 13.4. The number of rotatable bonds is 8. The molecule has 4 heterocycles. The fourth-order valence-corrected chi connectivity index (χ4v) is 8.29. The summed E-state index contributed by atoms with van der Waals surface area (Å²) < 4.78 is 42.1. The van der Waals surface area contributed by atoms with Gasteiger partial charge in [0.25, 0.3) is 0 Å². The Labute approximate surface area is 353 Å². The van der Waals surface area contributed by atoms with Crippen molar-refractivity contribution in [2.24, 2.45) is 0 Å². The molecule has 60 heavy (non-hydrogen) atoms. The smallest absolute Gasteiger partial charge is 0.338 e. The van der Waals surface area contributed by atoms with Crippen LogP contribution in [0.3, 0.4) is 0 Å². The third-order valence-electron chi connectivity index (χ3n) is 11.7. The van der Waals surface area contributed by atoms with E-state index in [1.807, 2.05) is 18.2 Å². The summed E-state index contributed by atoms with van der Waals surface area (Å²) in [4.78, 5) is 16.2. The highest BCUT2D eigenvalue weighted by atomic mass is 16.5. The van der Waals surface area contributed by atoms with Gasteiger partial charge in [0.1, 0.15) is 5.75 Å². The van der Waals surface area contributed by atoms with E-state index in [2.05, 4.69) is 73.3 Å². The van der Waals surface area contributed by atoms with Gasteiger partial charge < -0.3 is 38.9 Å². The van der Waals surface area contributed by atoms with Crippen LogP contribution in [0.25, 0.3) is 0 Å². The summed E-state index contributed by atoms with van der Waals surface area (Å²) in [6.45, 7) is 4.40. The minimum atomic E-state index is -0.279. The van der Waals surface area contributed by atoms with Gasteiger partial charge >= 0.3 is 5.97 Å². The van der Waals surface area contributed by atoms with Crippen LogP contribution in [-0.4, -0.2) is 78.0 Å². The van der Waals surface area contributed by atoms with E-state index >= 15 is 0 Å². The fourth-order valence-electron chi connectivity index (χ4n) is 8.29. The van der Waals surface area contributed by atoms with Crippen LogP contribution in [0.15, 0.2) is 84.9 Å². The molecule has 0 saturated heterocycles. The van der Waals surface area contributed by atoms with Crippen LogP contribution in [0.1, 0.15) is 75.6 Å². The molecule has 11 nitrogen and oxygen atoms in total. The zero-order chi connectivity index (χ0) is 42.3. The molecule has 0 amide bonds. The largest absolute Gasteiger partial charge is 0.493 e. The highest BCUT2D eigenvalue weighted by molar-refractivity contribution is 5.89. The number of likely N-dealkylation sites (N-methyl/N-ethyl adjacent to an activating group) is 2. The molecule has 2 N–H and O–H groups in total. The molecule has 5 aromatic carbocycles. The number of nitrogens with zero attached hydrogens (tertiary/aromatic N) is 2. The Morgan fingerprint density at radius 3 is 2.02 bits per heavy atom. The molecule has 0 radical (unpaired) electrons. The normalized spacial score (nSPS) is 17.0. The molecule has 4 aliphatic rings. The van der Waals surface area contributed by atoms with Crippen molar-refractivity contribution < 1.29 is 38.0 Å². The van der Waals surface area contributed by atoms with E-state index in [0.29, 0.717) is 58.1 Å².